The molecular weight excluding hydrogens is 266 g/mol. The summed E-state index contributed by atoms with van der Waals surface area (Å²) in [5, 5.41) is 9.23. The van der Waals surface area contributed by atoms with Gasteiger partial charge in [-0.3, -0.25) is 4.90 Å². The van der Waals surface area contributed by atoms with Crippen molar-refractivity contribution in [2.24, 2.45) is 0 Å². The molecule has 1 unspecified atom stereocenters. The Hall–Kier alpha value is -1.88. The van der Waals surface area contributed by atoms with Gasteiger partial charge >= 0.3 is 5.97 Å². The number of likely N-dealkylation sites (tertiary alicyclic amines) is 1. The number of hydrogen-bond acceptors (Lipinski definition) is 3. The molecule has 1 aliphatic rings. The quantitative estimate of drug-likeness (QED) is 0.938. The molecule has 0 spiro atoms. The van der Waals surface area contributed by atoms with E-state index >= 15 is 0 Å². The van der Waals surface area contributed by atoms with Gasteiger partial charge < -0.3 is 9.51 Å². The number of fused-ring (bicyclic) bond motifs is 1. The van der Waals surface area contributed by atoms with E-state index in [0.717, 1.165) is 18.7 Å². The van der Waals surface area contributed by atoms with Crippen LogP contribution < -0.4 is 0 Å². The van der Waals surface area contributed by atoms with Crippen molar-refractivity contribution in [2.75, 3.05) is 6.54 Å². The molecule has 3 heterocycles. The number of carboxylic acid groups (broad SMARTS) is 1. The van der Waals surface area contributed by atoms with E-state index in [1.165, 1.54) is 12.8 Å². The minimum absolute atomic E-state index is 0.260. The molecule has 0 saturated carbocycles. The van der Waals surface area contributed by atoms with Gasteiger partial charge in [-0.2, -0.15) is 0 Å². The number of imidazole rings is 1. The van der Waals surface area contributed by atoms with Gasteiger partial charge in [-0.05, 0) is 45.4 Å². The van der Waals surface area contributed by atoms with Crippen molar-refractivity contribution in [3.05, 3.63) is 35.8 Å². The van der Waals surface area contributed by atoms with Crippen molar-refractivity contribution in [1.82, 2.24) is 14.3 Å². The van der Waals surface area contributed by atoms with Crippen LogP contribution in [0.3, 0.4) is 0 Å². The smallest absolute Gasteiger partial charge is 0.339 e. The highest BCUT2D eigenvalue weighted by Crippen LogP contribution is 2.23. The summed E-state index contributed by atoms with van der Waals surface area (Å²) in [7, 11) is 0. The van der Waals surface area contributed by atoms with Gasteiger partial charge in [0, 0.05) is 30.9 Å². The van der Waals surface area contributed by atoms with E-state index in [-0.39, 0.29) is 5.56 Å². The number of rotatable bonds is 4. The minimum atomic E-state index is -0.928. The van der Waals surface area contributed by atoms with Crippen molar-refractivity contribution in [1.29, 1.82) is 0 Å². The molecule has 3 rings (SSSR count). The average Bonchev–Trinajstić information content (AvgIpc) is 3.03. The highest BCUT2D eigenvalue weighted by atomic mass is 16.4. The first-order valence-electron chi connectivity index (χ1n) is 7.52. The Kier molecular flexibility index (Phi) is 3.68. The fourth-order valence-electron chi connectivity index (χ4n) is 3.33. The zero-order valence-electron chi connectivity index (χ0n) is 12.5. The molecule has 0 bridgehead atoms. The molecule has 5 heteroatoms. The fourth-order valence-corrected chi connectivity index (χ4v) is 3.33. The molecule has 1 fully saturated rings. The van der Waals surface area contributed by atoms with Crippen LogP contribution in [0, 0.1) is 0 Å². The number of hydrogen-bond donors (Lipinski definition) is 1. The summed E-state index contributed by atoms with van der Waals surface area (Å²) in [5.41, 5.74) is 1.77. The van der Waals surface area contributed by atoms with Crippen LogP contribution in [0.15, 0.2) is 24.5 Å². The summed E-state index contributed by atoms with van der Waals surface area (Å²) in [6.07, 6.45) is 7.12. The number of pyridine rings is 1. The summed E-state index contributed by atoms with van der Waals surface area (Å²) in [6, 6.07) is 4.41. The van der Waals surface area contributed by atoms with Crippen LogP contribution in [0.4, 0.5) is 0 Å². The molecule has 1 N–H and O–H groups in total. The SMILES string of the molecule is CC(C)N1CCCC1Cc1cn2cccc(C(=O)O)c2n1. The molecule has 1 aliphatic heterocycles. The molecule has 0 amide bonds. The summed E-state index contributed by atoms with van der Waals surface area (Å²) in [5.74, 6) is -0.928. The van der Waals surface area contributed by atoms with E-state index in [1.807, 2.05) is 16.8 Å². The third kappa shape index (κ3) is 2.65. The van der Waals surface area contributed by atoms with E-state index in [2.05, 4.69) is 23.7 Å². The first-order valence-corrected chi connectivity index (χ1v) is 7.52. The Bertz CT molecular complexity index is 663. The van der Waals surface area contributed by atoms with Crippen molar-refractivity contribution in [2.45, 2.75) is 45.2 Å². The Balaban J connectivity index is 1.88. The van der Waals surface area contributed by atoms with Crippen molar-refractivity contribution >= 4 is 11.6 Å². The van der Waals surface area contributed by atoms with Crippen LogP contribution in [0.2, 0.25) is 0 Å². The second-order valence-corrected chi connectivity index (χ2v) is 6.02. The van der Waals surface area contributed by atoms with Crippen LogP contribution >= 0.6 is 0 Å². The Morgan fingerprint density at radius 1 is 1.52 bits per heavy atom. The number of carbonyl (C=O) groups is 1. The number of carboxylic acids is 1. The summed E-state index contributed by atoms with van der Waals surface area (Å²) < 4.78 is 1.81. The van der Waals surface area contributed by atoms with E-state index in [4.69, 9.17) is 0 Å². The van der Waals surface area contributed by atoms with E-state index < -0.39 is 5.97 Å². The summed E-state index contributed by atoms with van der Waals surface area (Å²) >= 11 is 0. The predicted molar refractivity (Wildman–Crippen MR) is 80.7 cm³/mol. The van der Waals surface area contributed by atoms with E-state index in [1.54, 1.807) is 12.1 Å². The van der Waals surface area contributed by atoms with Gasteiger partial charge in [0.15, 0.2) is 5.65 Å². The number of nitrogens with zero attached hydrogens (tertiary/aromatic N) is 3. The summed E-state index contributed by atoms with van der Waals surface area (Å²) in [6.45, 7) is 5.60. The van der Waals surface area contributed by atoms with Gasteiger partial charge in [0.1, 0.15) is 5.56 Å². The molecule has 0 aliphatic carbocycles. The maximum Gasteiger partial charge on any atom is 0.339 e. The van der Waals surface area contributed by atoms with Gasteiger partial charge in [-0.15, -0.1) is 0 Å². The number of aromatic nitrogens is 2. The molecule has 0 radical (unpaired) electrons. The Labute approximate surface area is 124 Å². The van der Waals surface area contributed by atoms with Crippen LogP contribution in [0.1, 0.15) is 42.7 Å². The zero-order chi connectivity index (χ0) is 15.0. The van der Waals surface area contributed by atoms with Crippen LogP contribution in [0.5, 0.6) is 0 Å². The molecule has 21 heavy (non-hydrogen) atoms. The topological polar surface area (TPSA) is 57.8 Å². The van der Waals surface area contributed by atoms with Gasteiger partial charge in [-0.25, -0.2) is 9.78 Å². The first kappa shape index (κ1) is 14.1. The zero-order valence-corrected chi connectivity index (χ0v) is 12.5. The third-order valence-corrected chi connectivity index (χ3v) is 4.29. The van der Waals surface area contributed by atoms with E-state index in [0.29, 0.717) is 17.7 Å². The lowest BCUT2D eigenvalue weighted by molar-refractivity contribution is 0.0698. The van der Waals surface area contributed by atoms with Crippen LogP contribution in [-0.4, -0.2) is 44.0 Å². The molecule has 5 nitrogen and oxygen atoms in total. The monoisotopic (exact) mass is 287 g/mol. The van der Waals surface area contributed by atoms with Crippen LogP contribution in [0.25, 0.3) is 5.65 Å². The van der Waals surface area contributed by atoms with Crippen LogP contribution in [-0.2, 0) is 6.42 Å². The maximum atomic E-state index is 11.2. The van der Waals surface area contributed by atoms with Gasteiger partial charge in [0.2, 0.25) is 0 Å². The highest BCUT2D eigenvalue weighted by molar-refractivity contribution is 5.94. The Morgan fingerprint density at radius 3 is 3.05 bits per heavy atom. The summed E-state index contributed by atoms with van der Waals surface area (Å²) in [4.78, 5) is 18.3. The lowest BCUT2D eigenvalue weighted by Crippen LogP contribution is -2.36. The van der Waals surface area contributed by atoms with E-state index in [9.17, 15) is 9.90 Å². The molecular formula is C16H21N3O2. The molecule has 1 saturated heterocycles. The molecule has 2 aromatic rings. The Morgan fingerprint density at radius 2 is 2.33 bits per heavy atom. The van der Waals surface area contributed by atoms with Gasteiger partial charge in [-0.1, -0.05) is 0 Å². The molecule has 0 aromatic carbocycles. The van der Waals surface area contributed by atoms with Crippen molar-refractivity contribution < 1.29 is 9.90 Å². The number of aromatic carboxylic acids is 1. The predicted octanol–water partition coefficient (Wildman–Crippen LogP) is 2.45. The van der Waals surface area contributed by atoms with Crippen molar-refractivity contribution in [3.63, 3.8) is 0 Å². The lowest BCUT2D eigenvalue weighted by Gasteiger charge is -2.27. The van der Waals surface area contributed by atoms with Gasteiger partial charge in [0.05, 0.1) is 5.69 Å². The average molecular weight is 287 g/mol. The second kappa shape index (κ2) is 5.48. The van der Waals surface area contributed by atoms with Crippen molar-refractivity contribution in [3.8, 4) is 0 Å². The molecule has 112 valence electrons. The first-order chi connectivity index (χ1) is 10.1. The molecule has 2 aromatic heterocycles. The fraction of sp³-hybridized carbons (Fsp3) is 0.500. The van der Waals surface area contributed by atoms with Gasteiger partial charge in [0.25, 0.3) is 0 Å². The highest BCUT2D eigenvalue weighted by Gasteiger charge is 2.27. The minimum Gasteiger partial charge on any atom is -0.478 e. The second-order valence-electron chi connectivity index (χ2n) is 6.02. The molecule has 1 atom stereocenters. The maximum absolute atomic E-state index is 11.2. The largest absolute Gasteiger partial charge is 0.478 e. The normalized spacial score (nSPS) is 19.7. The third-order valence-electron chi connectivity index (χ3n) is 4.29. The standard InChI is InChI=1S/C16H21N3O2/c1-11(2)19-8-3-5-13(19)9-12-10-18-7-4-6-14(16(20)21)15(18)17-12/h4,6-7,10-11,13H,3,5,8-9H2,1-2H3,(H,20,21). The lowest BCUT2D eigenvalue weighted by atomic mass is 10.1.